The Morgan fingerprint density at radius 3 is 2.28 bits per heavy atom. The van der Waals surface area contributed by atoms with Gasteiger partial charge in [0.15, 0.2) is 0 Å². The van der Waals surface area contributed by atoms with Crippen molar-refractivity contribution in [2.75, 3.05) is 20.1 Å². The van der Waals surface area contributed by atoms with Crippen LogP contribution in [-0.4, -0.2) is 53.1 Å². The van der Waals surface area contributed by atoms with E-state index < -0.39 is 5.97 Å². The fourth-order valence-corrected chi connectivity index (χ4v) is 1.78. The summed E-state index contributed by atoms with van der Waals surface area (Å²) < 4.78 is 0. The molecule has 0 aliphatic rings. The highest BCUT2D eigenvalue weighted by molar-refractivity contribution is 5.80. The molecule has 0 saturated carbocycles. The predicted octanol–water partition coefficient (Wildman–Crippen LogP) is 2.05. The number of urea groups is 1. The van der Waals surface area contributed by atoms with Crippen molar-refractivity contribution in [2.24, 2.45) is 5.92 Å². The highest BCUT2D eigenvalue weighted by Crippen LogP contribution is 2.11. The summed E-state index contributed by atoms with van der Waals surface area (Å²) in [7, 11) is 1.70. The van der Waals surface area contributed by atoms with Crippen molar-refractivity contribution in [1.29, 1.82) is 0 Å². The Balaban J connectivity index is 4.63. The van der Waals surface area contributed by atoms with E-state index >= 15 is 0 Å². The predicted molar refractivity (Wildman–Crippen MR) is 71.5 cm³/mol. The lowest BCUT2D eigenvalue weighted by Crippen LogP contribution is -2.47. The van der Waals surface area contributed by atoms with Crippen LogP contribution in [0.5, 0.6) is 0 Å². The summed E-state index contributed by atoms with van der Waals surface area (Å²) in [6.45, 7) is 9.62. The van der Waals surface area contributed by atoms with Gasteiger partial charge >= 0.3 is 12.0 Å². The number of carbonyl (C=O) groups is 2. The fourth-order valence-electron chi connectivity index (χ4n) is 1.78. The number of hydrogen-bond donors (Lipinski definition) is 1. The average molecular weight is 256 g/mol. The first-order valence-corrected chi connectivity index (χ1v) is 6.14. The van der Waals surface area contributed by atoms with Gasteiger partial charge < -0.3 is 14.9 Å². The van der Waals surface area contributed by atoms with E-state index in [0.717, 1.165) is 6.42 Å². The molecule has 0 saturated heterocycles. The normalized spacial score (nSPS) is 12.1. The van der Waals surface area contributed by atoms with Crippen LogP contribution in [0.2, 0.25) is 0 Å². The number of amides is 2. The Bertz CT molecular complexity index is 303. The standard InChI is InChI=1S/C13H24N2O3/c1-6-7-15(9-12(16)17)13(18)14(5)11(4)8-10(2)3/h6,10-11H,1,7-9H2,2-5H3,(H,16,17). The zero-order chi connectivity index (χ0) is 14.3. The molecule has 0 aromatic rings. The van der Waals surface area contributed by atoms with E-state index in [0.29, 0.717) is 5.92 Å². The van der Waals surface area contributed by atoms with Gasteiger partial charge in [-0.25, -0.2) is 4.79 Å². The van der Waals surface area contributed by atoms with Crippen LogP contribution in [0.1, 0.15) is 27.2 Å². The van der Waals surface area contributed by atoms with E-state index in [1.165, 1.54) is 11.0 Å². The first-order chi connectivity index (χ1) is 8.29. The maximum absolute atomic E-state index is 12.1. The molecule has 0 aromatic heterocycles. The molecule has 0 fully saturated rings. The molecule has 0 rings (SSSR count). The number of nitrogens with zero attached hydrogens (tertiary/aromatic N) is 2. The highest BCUT2D eigenvalue weighted by atomic mass is 16.4. The Morgan fingerprint density at radius 1 is 1.33 bits per heavy atom. The number of hydrogen-bond acceptors (Lipinski definition) is 2. The number of rotatable bonds is 7. The van der Waals surface area contributed by atoms with Gasteiger partial charge in [-0.05, 0) is 19.3 Å². The molecule has 18 heavy (non-hydrogen) atoms. The molecule has 0 spiro atoms. The van der Waals surface area contributed by atoms with E-state index in [2.05, 4.69) is 20.4 Å². The van der Waals surface area contributed by atoms with Crippen LogP contribution in [0, 0.1) is 5.92 Å². The number of carboxylic acid groups (broad SMARTS) is 1. The van der Waals surface area contributed by atoms with E-state index in [1.807, 2.05) is 6.92 Å². The van der Waals surface area contributed by atoms with E-state index in [-0.39, 0.29) is 25.2 Å². The van der Waals surface area contributed by atoms with Gasteiger partial charge in [-0.2, -0.15) is 0 Å². The van der Waals surface area contributed by atoms with Crippen molar-refractivity contribution < 1.29 is 14.7 Å². The van der Waals surface area contributed by atoms with E-state index in [1.54, 1.807) is 11.9 Å². The van der Waals surface area contributed by atoms with E-state index in [4.69, 9.17) is 5.11 Å². The van der Waals surface area contributed by atoms with Gasteiger partial charge in [0.1, 0.15) is 6.54 Å². The number of carboxylic acids is 1. The van der Waals surface area contributed by atoms with Crippen molar-refractivity contribution >= 4 is 12.0 Å². The summed E-state index contributed by atoms with van der Waals surface area (Å²) in [4.78, 5) is 25.7. The Labute approximate surface area is 109 Å². The lowest BCUT2D eigenvalue weighted by atomic mass is 10.0. The van der Waals surface area contributed by atoms with Gasteiger partial charge in [0.05, 0.1) is 0 Å². The molecule has 1 atom stereocenters. The third-order valence-electron chi connectivity index (χ3n) is 2.72. The van der Waals surface area contributed by atoms with Gasteiger partial charge in [0.25, 0.3) is 0 Å². The van der Waals surface area contributed by atoms with Gasteiger partial charge in [-0.1, -0.05) is 19.9 Å². The first-order valence-electron chi connectivity index (χ1n) is 6.14. The molecule has 0 radical (unpaired) electrons. The van der Waals surface area contributed by atoms with Crippen LogP contribution in [0.25, 0.3) is 0 Å². The van der Waals surface area contributed by atoms with Gasteiger partial charge in [-0.15, -0.1) is 6.58 Å². The molecular weight excluding hydrogens is 232 g/mol. The molecule has 0 aromatic carbocycles. The monoisotopic (exact) mass is 256 g/mol. The smallest absolute Gasteiger partial charge is 0.323 e. The van der Waals surface area contributed by atoms with Crippen molar-refractivity contribution in [3.63, 3.8) is 0 Å². The Hall–Kier alpha value is -1.52. The minimum atomic E-state index is -1.02. The van der Waals surface area contributed by atoms with Gasteiger partial charge in [0, 0.05) is 19.6 Å². The third-order valence-corrected chi connectivity index (χ3v) is 2.72. The molecule has 2 amide bonds. The first kappa shape index (κ1) is 16.5. The largest absolute Gasteiger partial charge is 0.480 e. The topological polar surface area (TPSA) is 60.9 Å². The summed E-state index contributed by atoms with van der Waals surface area (Å²) in [5, 5.41) is 8.78. The highest BCUT2D eigenvalue weighted by Gasteiger charge is 2.23. The lowest BCUT2D eigenvalue weighted by Gasteiger charge is -2.31. The SMILES string of the molecule is C=CCN(CC(=O)O)C(=O)N(C)C(C)CC(C)C. The van der Waals surface area contributed by atoms with Crippen LogP contribution < -0.4 is 0 Å². The van der Waals surface area contributed by atoms with Crippen LogP contribution in [0.15, 0.2) is 12.7 Å². The summed E-state index contributed by atoms with van der Waals surface area (Å²) in [6, 6.07) is -0.191. The van der Waals surface area contributed by atoms with E-state index in [9.17, 15) is 9.59 Å². The maximum Gasteiger partial charge on any atom is 0.323 e. The molecule has 104 valence electrons. The molecule has 0 aliphatic carbocycles. The Morgan fingerprint density at radius 2 is 1.89 bits per heavy atom. The molecule has 1 unspecified atom stereocenters. The molecular formula is C13H24N2O3. The lowest BCUT2D eigenvalue weighted by molar-refractivity contribution is -0.137. The molecule has 0 bridgehead atoms. The molecule has 1 N–H and O–H groups in total. The number of carbonyl (C=O) groups excluding carboxylic acids is 1. The molecule has 0 aliphatic heterocycles. The Kier molecular flexibility index (Phi) is 7.08. The van der Waals surface area contributed by atoms with Crippen LogP contribution in [0.4, 0.5) is 4.79 Å². The van der Waals surface area contributed by atoms with Crippen molar-refractivity contribution in [3.05, 3.63) is 12.7 Å². The quantitative estimate of drug-likeness (QED) is 0.709. The summed E-state index contributed by atoms with van der Waals surface area (Å²) in [6.07, 6.45) is 2.42. The van der Waals surface area contributed by atoms with Gasteiger partial charge in [0.2, 0.25) is 0 Å². The second-order valence-electron chi connectivity index (χ2n) is 4.93. The summed E-state index contributed by atoms with van der Waals surface area (Å²) in [5.74, 6) is -0.530. The number of aliphatic carboxylic acids is 1. The fraction of sp³-hybridized carbons (Fsp3) is 0.692. The molecule has 5 nitrogen and oxygen atoms in total. The van der Waals surface area contributed by atoms with Crippen LogP contribution in [0.3, 0.4) is 0 Å². The minimum absolute atomic E-state index is 0.0820. The molecule has 0 heterocycles. The van der Waals surface area contributed by atoms with Crippen LogP contribution in [-0.2, 0) is 4.79 Å². The van der Waals surface area contributed by atoms with Gasteiger partial charge in [-0.3, -0.25) is 4.79 Å². The second kappa shape index (κ2) is 7.74. The van der Waals surface area contributed by atoms with Crippen LogP contribution >= 0.6 is 0 Å². The van der Waals surface area contributed by atoms with Crippen molar-refractivity contribution in [2.45, 2.75) is 33.2 Å². The van der Waals surface area contributed by atoms with Crippen molar-refractivity contribution in [1.82, 2.24) is 9.80 Å². The third kappa shape index (κ3) is 5.70. The second-order valence-corrected chi connectivity index (χ2v) is 4.93. The average Bonchev–Trinajstić information content (AvgIpc) is 2.25. The maximum atomic E-state index is 12.1. The molecule has 5 heteroatoms. The summed E-state index contributed by atoms with van der Waals surface area (Å²) in [5.41, 5.74) is 0. The zero-order valence-electron chi connectivity index (χ0n) is 11.7. The zero-order valence-corrected chi connectivity index (χ0v) is 11.7. The summed E-state index contributed by atoms with van der Waals surface area (Å²) >= 11 is 0. The minimum Gasteiger partial charge on any atom is -0.480 e. The van der Waals surface area contributed by atoms with Crippen molar-refractivity contribution in [3.8, 4) is 0 Å².